The van der Waals surface area contributed by atoms with Crippen molar-refractivity contribution in [1.82, 2.24) is 20.0 Å². The van der Waals surface area contributed by atoms with E-state index in [0.717, 1.165) is 52.2 Å². The van der Waals surface area contributed by atoms with Gasteiger partial charge in [-0.25, -0.2) is 4.79 Å². The Hall–Kier alpha value is -0.810. The number of piperazine rings is 1. The summed E-state index contributed by atoms with van der Waals surface area (Å²) in [6, 6.07) is 0.160. The number of likely N-dealkylation sites (tertiary alicyclic amines) is 1. The van der Waals surface area contributed by atoms with E-state index in [9.17, 15) is 4.79 Å². The Morgan fingerprint density at radius 2 is 2.00 bits per heavy atom. The van der Waals surface area contributed by atoms with Gasteiger partial charge in [-0.15, -0.1) is 0 Å². The van der Waals surface area contributed by atoms with E-state index in [-0.39, 0.29) is 6.03 Å². The molecule has 2 fully saturated rings. The SMILES string of the molecule is CN(C)C(=O)N1CCC(CN2CCNCC2)C1. The summed E-state index contributed by atoms with van der Waals surface area (Å²) in [5, 5.41) is 3.37. The van der Waals surface area contributed by atoms with Gasteiger partial charge < -0.3 is 20.0 Å². The van der Waals surface area contributed by atoms with Crippen molar-refractivity contribution >= 4 is 6.03 Å². The molecule has 0 aliphatic carbocycles. The molecule has 0 bridgehead atoms. The Kier molecular flexibility index (Phi) is 4.23. The van der Waals surface area contributed by atoms with Crippen molar-refractivity contribution in [2.45, 2.75) is 6.42 Å². The van der Waals surface area contributed by atoms with Crippen LogP contribution < -0.4 is 5.32 Å². The highest BCUT2D eigenvalue weighted by Crippen LogP contribution is 2.18. The van der Waals surface area contributed by atoms with Gasteiger partial charge in [0, 0.05) is 59.9 Å². The van der Waals surface area contributed by atoms with E-state index < -0.39 is 0 Å². The maximum absolute atomic E-state index is 11.8. The molecule has 1 N–H and O–H groups in total. The number of nitrogens with one attached hydrogen (secondary N) is 1. The lowest BCUT2D eigenvalue weighted by atomic mass is 10.1. The minimum absolute atomic E-state index is 0.160. The first kappa shape index (κ1) is 12.6. The summed E-state index contributed by atoms with van der Waals surface area (Å²) >= 11 is 0. The third-order valence-corrected chi connectivity index (χ3v) is 3.66. The van der Waals surface area contributed by atoms with Gasteiger partial charge in [0.1, 0.15) is 0 Å². The van der Waals surface area contributed by atoms with Crippen LogP contribution in [0.2, 0.25) is 0 Å². The first-order chi connectivity index (χ1) is 8.16. The standard InChI is InChI=1S/C12H24N4O/c1-14(2)12(17)16-6-3-11(10-16)9-15-7-4-13-5-8-15/h11,13H,3-10H2,1-2H3. The molecule has 1 unspecified atom stereocenters. The summed E-state index contributed by atoms with van der Waals surface area (Å²) in [5.41, 5.74) is 0. The number of amides is 2. The second-order valence-corrected chi connectivity index (χ2v) is 5.33. The van der Waals surface area contributed by atoms with Gasteiger partial charge >= 0.3 is 6.03 Å². The molecule has 0 aromatic carbocycles. The Labute approximate surface area is 104 Å². The van der Waals surface area contributed by atoms with E-state index >= 15 is 0 Å². The van der Waals surface area contributed by atoms with Crippen LogP contribution in [0.4, 0.5) is 4.79 Å². The van der Waals surface area contributed by atoms with Gasteiger partial charge in [-0.05, 0) is 12.3 Å². The van der Waals surface area contributed by atoms with Gasteiger partial charge in [0.2, 0.25) is 0 Å². The number of carbonyl (C=O) groups excluding carboxylic acids is 1. The molecule has 2 amide bonds. The summed E-state index contributed by atoms with van der Waals surface area (Å²) in [6.07, 6.45) is 1.16. The van der Waals surface area contributed by atoms with Crippen LogP contribution in [0.25, 0.3) is 0 Å². The van der Waals surface area contributed by atoms with E-state index in [0.29, 0.717) is 5.92 Å². The molecule has 5 nitrogen and oxygen atoms in total. The van der Waals surface area contributed by atoms with E-state index in [4.69, 9.17) is 0 Å². The third-order valence-electron chi connectivity index (χ3n) is 3.66. The first-order valence-corrected chi connectivity index (χ1v) is 6.56. The maximum Gasteiger partial charge on any atom is 0.319 e. The fourth-order valence-corrected chi connectivity index (χ4v) is 2.70. The van der Waals surface area contributed by atoms with Gasteiger partial charge in [0.05, 0.1) is 0 Å². The minimum Gasteiger partial charge on any atom is -0.331 e. The lowest BCUT2D eigenvalue weighted by Crippen LogP contribution is -2.45. The largest absolute Gasteiger partial charge is 0.331 e. The second-order valence-electron chi connectivity index (χ2n) is 5.33. The quantitative estimate of drug-likeness (QED) is 0.732. The van der Waals surface area contributed by atoms with Gasteiger partial charge in [-0.3, -0.25) is 0 Å². The number of hydrogen-bond acceptors (Lipinski definition) is 3. The van der Waals surface area contributed by atoms with Crippen molar-refractivity contribution in [1.29, 1.82) is 0 Å². The summed E-state index contributed by atoms with van der Waals surface area (Å²) < 4.78 is 0. The number of urea groups is 1. The highest BCUT2D eigenvalue weighted by molar-refractivity contribution is 5.74. The lowest BCUT2D eigenvalue weighted by molar-refractivity contribution is 0.174. The zero-order chi connectivity index (χ0) is 12.3. The van der Waals surface area contributed by atoms with Crippen molar-refractivity contribution in [2.24, 2.45) is 5.92 Å². The predicted molar refractivity (Wildman–Crippen MR) is 68.1 cm³/mol. The van der Waals surface area contributed by atoms with Crippen LogP contribution in [0, 0.1) is 5.92 Å². The molecule has 0 radical (unpaired) electrons. The van der Waals surface area contributed by atoms with Crippen molar-refractivity contribution in [2.75, 3.05) is 59.9 Å². The molecule has 0 aromatic heterocycles. The van der Waals surface area contributed by atoms with Crippen LogP contribution in [0.15, 0.2) is 0 Å². The molecule has 17 heavy (non-hydrogen) atoms. The molecule has 2 saturated heterocycles. The molecule has 2 heterocycles. The summed E-state index contributed by atoms with van der Waals surface area (Å²) in [6.45, 7) is 7.52. The Balaban J connectivity index is 1.75. The van der Waals surface area contributed by atoms with Crippen molar-refractivity contribution < 1.29 is 4.79 Å². The second kappa shape index (κ2) is 5.69. The highest BCUT2D eigenvalue weighted by atomic mass is 16.2. The molecule has 5 heteroatoms. The Bertz CT molecular complexity index is 263. The number of nitrogens with zero attached hydrogens (tertiary/aromatic N) is 3. The van der Waals surface area contributed by atoms with Crippen LogP contribution in [-0.2, 0) is 0 Å². The summed E-state index contributed by atoms with van der Waals surface area (Å²) in [7, 11) is 3.65. The maximum atomic E-state index is 11.8. The zero-order valence-corrected chi connectivity index (χ0v) is 11.0. The summed E-state index contributed by atoms with van der Waals surface area (Å²) in [4.78, 5) is 18.0. The molecule has 98 valence electrons. The van der Waals surface area contributed by atoms with Gasteiger partial charge in [0.15, 0.2) is 0 Å². The first-order valence-electron chi connectivity index (χ1n) is 6.56. The average molecular weight is 240 g/mol. The average Bonchev–Trinajstić information content (AvgIpc) is 2.77. The molecule has 0 spiro atoms. The van der Waals surface area contributed by atoms with Crippen LogP contribution in [-0.4, -0.2) is 80.6 Å². The molecule has 2 aliphatic rings. The van der Waals surface area contributed by atoms with Gasteiger partial charge in [-0.2, -0.15) is 0 Å². The van der Waals surface area contributed by atoms with E-state index in [1.165, 1.54) is 0 Å². The van der Waals surface area contributed by atoms with Crippen LogP contribution in [0.5, 0.6) is 0 Å². The van der Waals surface area contributed by atoms with E-state index in [2.05, 4.69) is 10.2 Å². The fourth-order valence-electron chi connectivity index (χ4n) is 2.70. The van der Waals surface area contributed by atoms with Gasteiger partial charge in [-0.1, -0.05) is 0 Å². The van der Waals surface area contributed by atoms with E-state index in [1.54, 1.807) is 4.90 Å². The topological polar surface area (TPSA) is 38.8 Å². The molecule has 2 aliphatic heterocycles. The smallest absolute Gasteiger partial charge is 0.319 e. The van der Waals surface area contributed by atoms with Crippen molar-refractivity contribution in [3.63, 3.8) is 0 Å². The van der Waals surface area contributed by atoms with E-state index in [1.807, 2.05) is 19.0 Å². The predicted octanol–water partition coefficient (Wildman–Crippen LogP) is -0.105. The van der Waals surface area contributed by atoms with Crippen LogP contribution in [0.3, 0.4) is 0 Å². The fraction of sp³-hybridized carbons (Fsp3) is 0.917. The lowest BCUT2D eigenvalue weighted by Gasteiger charge is -2.29. The molecule has 1 atom stereocenters. The normalized spacial score (nSPS) is 26.2. The molecule has 2 rings (SSSR count). The highest BCUT2D eigenvalue weighted by Gasteiger charge is 2.28. The van der Waals surface area contributed by atoms with Gasteiger partial charge in [0.25, 0.3) is 0 Å². The minimum atomic E-state index is 0.160. The number of carbonyl (C=O) groups is 1. The number of hydrogen-bond donors (Lipinski definition) is 1. The number of rotatable bonds is 2. The monoisotopic (exact) mass is 240 g/mol. The Morgan fingerprint density at radius 1 is 1.29 bits per heavy atom. The molecular weight excluding hydrogens is 216 g/mol. The molecule has 0 saturated carbocycles. The molecule has 0 aromatic rings. The van der Waals surface area contributed by atoms with Crippen LogP contribution in [0.1, 0.15) is 6.42 Å². The molecular formula is C12H24N4O. The van der Waals surface area contributed by atoms with Crippen LogP contribution >= 0.6 is 0 Å². The third kappa shape index (κ3) is 3.33. The van der Waals surface area contributed by atoms with Crippen molar-refractivity contribution in [3.05, 3.63) is 0 Å². The van der Waals surface area contributed by atoms with Crippen molar-refractivity contribution in [3.8, 4) is 0 Å². The summed E-state index contributed by atoms with van der Waals surface area (Å²) in [5.74, 6) is 0.664. The Morgan fingerprint density at radius 3 is 2.65 bits per heavy atom. The zero-order valence-electron chi connectivity index (χ0n) is 11.0.